The van der Waals surface area contributed by atoms with E-state index in [9.17, 15) is 24.0 Å². The lowest BCUT2D eigenvalue weighted by Gasteiger charge is -2.17. The topological polar surface area (TPSA) is 269 Å². The first-order chi connectivity index (χ1) is 29.7. The van der Waals surface area contributed by atoms with Gasteiger partial charge >= 0.3 is 0 Å². The minimum atomic E-state index is -0.550. The Kier molecular flexibility index (Phi) is 26.5. The molecule has 2 aromatic carbocycles. The second-order valence-corrected chi connectivity index (χ2v) is 13.4. The van der Waals surface area contributed by atoms with Gasteiger partial charge < -0.3 is 75.4 Å². The highest BCUT2D eigenvalue weighted by molar-refractivity contribution is 5.78. The number of carbonyl (C=O) groups excluding carboxylic acids is 5. The first kappa shape index (κ1) is 50.6. The maximum absolute atomic E-state index is 12.3. The van der Waals surface area contributed by atoms with Gasteiger partial charge in [0.1, 0.15) is 32.2 Å². The molecule has 0 aliphatic heterocycles. The van der Waals surface area contributed by atoms with Gasteiger partial charge in [0.05, 0.1) is 85.3 Å². The number of aryl methyl sites for hydroxylation is 2. The molecule has 1 unspecified atom stereocenters. The lowest BCUT2D eigenvalue weighted by molar-refractivity contribution is -0.128. The van der Waals surface area contributed by atoms with E-state index in [0.717, 1.165) is 24.0 Å². The second-order valence-electron chi connectivity index (χ2n) is 13.4. The number of fused-ring (bicyclic) bond motifs is 2. The van der Waals surface area contributed by atoms with Crippen molar-refractivity contribution in [2.24, 2.45) is 11.5 Å². The molecule has 2 aromatic rings. The number of amides is 5. The van der Waals surface area contributed by atoms with Gasteiger partial charge in [-0.05, 0) is 47.2 Å². The summed E-state index contributed by atoms with van der Waals surface area (Å²) in [6, 6.07) is 13.8. The average molecular weight is 863 g/mol. The van der Waals surface area contributed by atoms with Crippen LogP contribution in [0.4, 0.5) is 0 Å². The number of primary amides is 1. The molecule has 1 atom stereocenters. The van der Waals surface area contributed by atoms with E-state index in [1.807, 2.05) is 30.3 Å². The van der Waals surface area contributed by atoms with Crippen molar-refractivity contribution < 1.29 is 66.6 Å². The van der Waals surface area contributed by atoms with Crippen molar-refractivity contribution in [3.05, 3.63) is 64.7 Å². The summed E-state index contributed by atoms with van der Waals surface area (Å²) in [6.07, 6.45) is 1.83. The largest absolute Gasteiger partial charge is 0.484 e. The summed E-state index contributed by atoms with van der Waals surface area (Å²) in [4.78, 5) is 58.3. The van der Waals surface area contributed by atoms with Crippen LogP contribution in [0.2, 0.25) is 0 Å². The third-order valence-corrected chi connectivity index (χ3v) is 8.58. The van der Waals surface area contributed by atoms with Crippen LogP contribution in [-0.2, 0) is 74.7 Å². The molecule has 0 fully saturated rings. The van der Waals surface area contributed by atoms with Crippen molar-refractivity contribution in [1.82, 2.24) is 21.3 Å². The zero-order valence-electron chi connectivity index (χ0n) is 34.8. The van der Waals surface area contributed by atoms with Gasteiger partial charge in [0.2, 0.25) is 23.6 Å². The predicted octanol–water partition coefficient (Wildman–Crippen LogP) is -1.71. The van der Waals surface area contributed by atoms with Crippen LogP contribution in [0.5, 0.6) is 5.75 Å². The molecule has 0 heterocycles. The molecule has 3 rings (SSSR count). The fourth-order valence-electron chi connectivity index (χ4n) is 5.63. The SMILES string of the molecule is NC(=O)COCCOCCNC(=O)COCCOCCNC(=O)COCCOCCNC(=O)COCCOCCNC(=O)COc1ccc2c(c1)C(N)c1ccccc1CC2. The Labute approximate surface area is 356 Å². The highest BCUT2D eigenvalue weighted by Crippen LogP contribution is 2.33. The molecule has 1 aliphatic carbocycles. The van der Waals surface area contributed by atoms with Crippen LogP contribution in [0.3, 0.4) is 0 Å². The summed E-state index contributed by atoms with van der Waals surface area (Å²) >= 11 is 0. The molecular weight excluding hydrogens is 800 g/mol. The molecule has 0 spiro atoms. The molecule has 0 radical (unpaired) electrons. The minimum absolute atomic E-state index is 0.125. The molecular formula is C41H62N6O14. The molecule has 20 heteroatoms. The quantitative estimate of drug-likeness (QED) is 0.0422. The number of nitrogens with one attached hydrogen (secondary N) is 4. The molecule has 0 bridgehead atoms. The summed E-state index contributed by atoms with van der Waals surface area (Å²) in [5, 5.41) is 10.7. The molecule has 0 aromatic heterocycles. The maximum Gasteiger partial charge on any atom is 0.258 e. The molecule has 1 aliphatic rings. The Morgan fingerprint density at radius 1 is 0.475 bits per heavy atom. The lowest BCUT2D eigenvalue weighted by atomic mass is 9.95. The molecule has 8 N–H and O–H groups in total. The van der Waals surface area contributed by atoms with Gasteiger partial charge in [-0.3, -0.25) is 24.0 Å². The number of nitrogens with two attached hydrogens (primary N) is 2. The monoisotopic (exact) mass is 862 g/mol. The van der Waals surface area contributed by atoms with Crippen molar-refractivity contribution in [2.75, 3.05) is 138 Å². The Hall–Kier alpha value is -4.77. The summed E-state index contributed by atoms with van der Waals surface area (Å²) < 4.78 is 48.0. The third-order valence-electron chi connectivity index (χ3n) is 8.58. The number of ether oxygens (including phenoxy) is 9. The van der Waals surface area contributed by atoms with Crippen LogP contribution < -0.4 is 37.5 Å². The summed E-state index contributed by atoms with van der Waals surface area (Å²) in [5.41, 5.74) is 16.1. The molecule has 340 valence electrons. The summed E-state index contributed by atoms with van der Waals surface area (Å²) in [5.74, 6) is -1.14. The number of carbonyl (C=O) groups is 5. The first-order valence-corrected chi connectivity index (χ1v) is 20.3. The van der Waals surface area contributed by atoms with Crippen molar-refractivity contribution >= 4 is 29.5 Å². The van der Waals surface area contributed by atoms with Crippen LogP contribution >= 0.6 is 0 Å². The fourth-order valence-corrected chi connectivity index (χ4v) is 5.63. The lowest BCUT2D eigenvalue weighted by Crippen LogP contribution is -2.32. The second kappa shape index (κ2) is 32.0. The van der Waals surface area contributed by atoms with E-state index >= 15 is 0 Å². The van der Waals surface area contributed by atoms with Gasteiger partial charge in [-0.15, -0.1) is 0 Å². The van der Waals surface area contributed by atoms with Gasteiger partial charge in [0.25, 0.3) is 5.91 Å². The normalized spacial score (nSPS) is 13.0. The smallest absolute Gasteiger partial charge is 0.258 e. The average Bonchev–Trinajstić information content (AvgIpc) is 3.39. The summed E-state index contributed by atoms with van der Waals surface area (Å²) in [6.45, 7) is 3.43. The zero-order chi connectivity index (χ0) is 43.8. The predicted molar refractivity (Wildman–Crippen MR) is 220 cm³/mol. The van der Waals surface area contributed by atoms with E-state index in [4.69, 9.17) is 54.1 Å². The highest BCUT2D eigenvalue weighted by Gasteiger charge is 2.21. The molecule has 61 heavy (non-hydrogen) atoms. The Morgan fingerprint density at radius 3 is 1.33 bits per heavy atom. The maximum atomic E-state index is 12.3. The van der Waals surface area contributed by atoms with E-state index in [2.05, 4.69) is 33.4 Å². The van der Waals surface area contributed by atoms with Gasteiger partial charge in [-0.1, -0.05) is 30.3 Å². The van der Waals surface area contributed by atoms with Gasteiger partial charge in [-0.25, -0.2) is 0 Å². The summed E-state index contributed by atoms with van der Waals surface area (Å²) in [7, 11) is 0. The standard InChI is InChI=1S/C41H62N6O14/c42-36(48)26-57-21-17-53-13-9-44-37(49)27-58-22-18-54-14-10-45-38(50)28-59-23-19-55-15-11-46-39(51)29-60-24-20-56-16-12-47-40(52)30-61-33-8-7-32-6-5-31-3-1-2-4-34(31)41(43)35(32)25-33/h1-4,7-8,25,41H,5-6,9-24,26-30,43H2,(H2,42,48)(H,44,49)(H,45,50)(H,46,51)(H,47,52). The van der Waals surface area contributed by atoms with Crippen LogP contribution in [0.25, 0.3) is 0 Å². The molecule has 20 nitrogen and oxygen atoms in total. The molecule has 0 saturated heterocycles. The highest BCUT2D eigenvalue weighted by atomic mass is 16.5. The van der Waals surface area contributed by atoms with Crippen molar-refractivity contribution in [3.63, 3.8) is 0 Å². The van der Waals surface area contributed by atoms with Crippen molar-refractivity contribution in [1.29, 1.82) is 0 Å². The van der Waals surface area contributed by atoms with Gasteiger partial charge in [-0.2, -0.15) is 0 Å². The van der Waals surface area contributed by atoms with Crippen molar-refractivity contribution in [2.45, 2.75) is 18.9 Å². The van der Waals surface area contributed by atoms with E-state index in [1.165, 1.54) is 11.1 Å². The van der Waals surface area contributed by atoms with Crippen LogP contribution in [0.15, 0.2) is 42.5 Å². The Bertz CT molecular complexity index is 1600. The van der Waals surface area contributed by atoms with E-state index in [1.54, 1.807) is 0 Å². The Balaban J connectivity index is 1.02. The third kappa shape index (κ3) is 23.7. The molecule has 5 amide bonds. The van der Waals surface area contributed by atoms with Crippen LogP contribution in [0, 0.1) is 0 Å². The van der Waals surface area contributed by atoms with Crippen LogP contribution in [-0.4, -0.2) is 168 Å². The van der Waals surface area contributed by atoms with E-state index in [-0.39, 0.29) is 155 Å². The van der Waals surface area contributed by atoms with Crippen molar-refractivity contribution in [3.8, 4) is 5.75 Å². The van der Waals surface area contributed by atoms with E-state index in [0.29, 0.717) is 18.8 Å². The molecule has 0 saturated carbocycles. The van der Waals surface area contributed by atoms with Gasteiger partial charge in [0.15, 0.2) is 6.61 Å². The van der Waals surface area contributed by atoms with Gasteiger partial charge in [0, 0.05) is 26.2 Å². The number of rotatable bonds is 35. The van der Waals surface area contributed by atoms with E-state index < -0.39 is 5.91 Å². The number of benzene rings is 2. The number of hydrogen-bond acceptors (Lipinski definition) is 15. The fraction of sp³-hybridized carbons (Fsp3) is 0.585. The Morgan fingerprint density at radius 2 is 0.869 bits per heavy atom. The number of hydrogen-bond donors (Lipinski definition) is 6. The minimum Gasteiger partial charge on any atom is -0.484 e. The first-order valence-electron chi connectivity index (χ1n) is 20.3. The van der Waals surface area contributed by atoms with Crippen LogP contribution in [0.1, 0.15) is 28.3 Å². The zero-order valence-corrected chi connectivity index (χ0v) is 34.8.